The van der Waals surface area contributed by atoms with Crippen molar-refractivity contribution in [3.8, 4) is 17.2 Å². The first-order chi connectivity index (χ1) is 18.4. The molecule has 0 saturated heterocycles. The lowest BCUT2D eigenvalue weighted by Crippen LogP contribution is -2.33. The molecule has 1 aromatic heterocycles. The van der Waals surface area contributed by atoms with Crippen LogP contribution in [0.4, 0.5) is 10.6 Å². The van der Waals surface area contributed by atoms with Gasteiger partial charge in [0.1, 0.15) is 23.4 Å². The molecule has 2 aromatic rings. The molecule has 1 aromatic carbocycles. The molecule has 1 aliphatic rings. The van der Waals surface area contributed by atoms with Crippen LogP contribution < -0.4 is 20.1 Å². The molecular formula is C24H33N5O9S. The minimum Gasteiger partial charge on any atom is -0.507 e. The number of alkyl carbamates (subject to hydrolysis) is 1. The van der Waals surface area contributed by atoms with E-state index in [1.54, 1.807) is 6.07 Å². The zero-order valence-electron chi connectivity index (χ0n) is 21.8. The van der Waals surface area contributed by atoms with Crippen LogP contribution in [-0.4, -0.2) is 84.6 Å². The molecule has 0 unspecified atom stereocenters. The number of aliphatic imine (C=N–C) groups is 1. The fourth-order valence-corrected chi connectivity index (χ4v) is 4.30. The lowest BCUT2D eigenvalue weighted by atomic mass is 10.0. The van der Waals surface area contributed by atoms with Crippen molar-refractivity contribution in [2.24, 2.45) is 4.99 Å². The lowest BCUT2D eigenvalue weighted by Gasteiger charge is -2.14. The largest absolute Gasteiger partial charge is 0.507 e. The SMILES string of the molecule is COc1cc(O)c(/C=N/CCS(=O)(=O)O)c(OCC(=O)Nc2cc([C@H]3CC[C@@H](OC(=O)NC(C)C)C3)[nH]n2)c1. The molecule has 3 rings (SSSR count). The maximum Gasteiger partial charge on any atom is 0.407 e. The van der Waals surface area contributed by atoms with Crippen LogP contribution in [0.5, 0.6) is 17.2 Å². The van der Waals surface area contributed by atoms with E-state index in [2.05, 4.69) is 25.8 Å². The zero-order chi connectivity index (χ0) is 28.6. The molecule has 2 atom stereocenters. The van der Waals surface area contributed by atoms with E-state index in [1.165, 1.54) is 25.5 Å². The summed E-state index contributed by atoms with van der Waals surface area (Å²) in [5.41, 5.74) is 0.906. The number of benzene rings is 1. The smallest absolute Gasteiger partial charge is 0.407 e. The van der Waals surface area contributed by atoms with Crippen LogP contribution in [0.25, 0.3) is 0 Å². The van der Waals surface area contributed by atoms with Gasteiger partial charge in [-0.25, -0.2) is 4.79 Å². The molecule has 1 saturated carbocycles. The maximum absolute atomic E-state index is 12.5. The van der Waals surface area contributed by atoms with Crippen LogP contribution >= 0.6 is 0 Å². The number of nitrogens with zero attached hydrogens (tertiary/aromatic N) is 2. The van der Waals surface area contributed by atoms with E-state index in [0.717, 1.165) is 18.5 Å². The molecule has 2 amide bonds. The number of nitrogens with one attached hydrogen (secondary N) is 3. The number of carbonyl (C=O) groups is 2. The highest BCUT2D eigenvalue weighted by Crippen LogP contribution is 2.36. The van der Waals surface area contributed by atoms with E-state index in [-0.39, 0.29) is 47.4 Å². The molecule has 0 aliphatic heterocycles. The Balaban J connectivity index is 1.56. The Morgan fingerprint density at radius 1 is 1.28 bits per heavy atom. The van der Waals surface area contributed by atoms with Crippen LogP contribution in [0.2, 0.25) is 0 Å². The minimum atomic E-state index is -4.19. The number of anilines is 1. The fraction of sp³-hybridized carbons (Fsp3) is 0.500. The van der Waals surface area contributed by atoms with Gasteiger partial charge in [0.05, 0.1) is 25.0 Å². The number of methoxy groups -OCH3 is 1. The van der Waals surface area contributed by atoms with Gasteiger partial charge >= 0.3 is 6.09 Å². The Bertz CT molecular complexity index is 1290. The van der Waals surface area contributed by atoms with Crippen molar-refractivity contribution in [1.29, 1.82) is 0 Å². The Morgan fingerprint density at radius 2 is 2.05 bits per heavy atom. The molecule has 0 bridgehead atoms. The highest BCUT2D eigenvalue weighted by Gasteiger charge is 2.30. The van der Waals surface area contributed by atoms with Gasteiger partial charge in [0.15, 0.2) is 12.4 Å². The summed E-state index contributed by atoms with van der Waals surface area (Å²) in [6.07, 6.45) is 2.70. The topological polar surface area (TPSA) is 202 Å². The van der Waals surface area contributed by atoms with Gasteiger partial charge < -0.3 is 30.0 Å². The number of ether oxygens (including phenoxy) is 3. The maximum atomic E-state index is 12.5. The molecule has 0 spiro atoms. The van der Waals surface area contributed by atoms with Crippen LogP contribution in [0.3, 0.4) is 0 Å². The molecule has 15 heteroatoms. The molecular weight excluding hydrogens is 534 g/mol. The molecule has 0 radical (unpaired) electrons. The number of aromatic nitrogens is 2. The highest BCUT2D eigenvalue weighted by molar-refractivity contribution is 7.85. The molecule has 1 heterocycles. The second-order valence-corrected chi connectivity index (χ2v) is 10.8. The van der Waals surface area contributed by atoms with E-state index >= 15 is 0 Å². The number of hydrogen-bond acceptors (Lipinski definition) is 10. The first kappa shape index (κ1) is 29.7. The van der Waals surface area contributed by atoms with Crippen LogP contribution in [0.1, 0.15) is 50.3 Å². The van der Waals surface area contributed by atoms with Crippen molar-refractivity contribution in [3.05, 3.63) is 29.5 Å². The predicted octanol–water partition coefficient (Wildman–Crippen LogP) is 2.22. The van der Waals surface area contributed by atoms with Gasteiger partial charge in [0.2, 0.25) is 0 Å². The Morgan fingerprint density at radius 3 is 2.74 bits per heavy atom. The summed E-state index contributed by atoms with van der Waals surface area (Å²) in [7, 11) is -2.80. The second kappa shape index (κ2) is 13.3. The third kappa shape index (κ3) is 9.44. The summed E-state index contributed by atoms with van der Waals surface area (Å²) in [4.78, 5) is 28.3. The van der Waals surface area contributed by atoms with Crippen LogP contribution in [0, 0.1) is 0 Å². The van der Waals surface area contributed by atoms with Gasteiger partial charge in [-0.3, -0.25) is 19.4 Å². The average Bonchev–Trinajstić information content (AvgIpc) is 3.49. The molecule has 214 valence electrons. The number of rotatable bonds is 12. The van der Waals surface area contributed by atoms with Gasteiger partial charge in [-0.2, -0.15) is 13.5 Å². The first-order valence-corrected chi connectivity index (χ1v) is 13.9. The van der Waals surface area contributed by atoms with Crippen molar-refractivity contribution in [1.82, 2.24) is 15.5 Å². The number of aromatic amines is 1. The van der Waals surface area contributed by atoms with Gasteiger partial charge in [-0.15, -0.1) is 0 Å². The van der Waals surface area contributed by atoms with E-state index in [4.69, 9.17) is 18.8 Å². The molecule has 1 aliphatic carbocycles. The zero-order valence-corrected chi connectivity index (χ0v) is 22.7. The molecule has 39 heavy (non-hydrogen) atoms. The Hall–Kier alpha value is -3.85. The van der Waals surface area contributed by atoms with Gasteiger partial charge in [-0.05, 0) is 33.1 Å². The predicted molar refractivity (Wildman–Crippen MR) is 141 cm³/mol. The Kier molecular flexibility index (Phi) is 10.1. The molecule has 1 fully saturated rings. The number of phenolic OH excluding ortho intramolecular Hbond substituents is 1. The van der Waals surface area contributed by atoms with Gasteiger partial charge in [0, 0.05) is 42.1 Å². The Labute approximate surface area is 225 Å². The normalized spacial score (nSPS) is 17.4. The van der Waals surface area contributed by atoms with Crippen molar-refractivity contribution in [2.45, 2.75) is 51.2 Å². The number of phenols is 1. The third-order valence-electron chi connectivity index (χ3n) is 5.76. The van der Waals surface area contributed by atoms with Crippen molar-refractivity contribution >= 4 is 34.2 Å². The van der Waals surface area contributed by atoms with E-state index in [1.807, 2.05) is 13.8 Å². The van der Waals surface area contributed by atoms with E-state index in [0.29, 0.717) is 12.2 Å². The summed E-state index contributed by atoms with van der Waals surface area (Å²) < 4.78 is 46.7. The number of amides is 2. The summed E-state index contributed by atoms with van der Waals surface area (Å²) in [6.45, 7) is 3.03. The first-order valence-electron chi connectivity index (χ1n) is 12.2. The van der Waals surface area contributed by atoms with E-state index in [9.17, 15) is 23.1 Å². The van der Waals surface area contributed by atoms with Crippen LogP contribution in [0.15, 0.2) is 23.2 Å². The van der Waals surface area contributed by atoms with Crippen LogP contribution in [-0.2, 0) is 19.6 Å². The summed E-state index contributed by atoms with van der Waals surface area (Å²) in [5.74, 6) is -0.665. The average molecular weight is 568 g/mol. The standard InChI is InChI=1S/C24H33N5O9S/c1-14(2)26-24(32)38-16-5-4-15(8-16)19-11-22(29-28-19)27-23(31)13-37-21-10-17(36-3)9-20(30)18(21)12-25-6-7-39(33,34)35/h9-12,14-16,30H,4-8,13H2,1-3H3,(H,26,32)(H,33,34,35)(H2,27,28,29,31)/b25-12+/t15-,16+/m0/s1. The molecule has 5 N–H and O–H groups in total. The number of aromatic hydroxyl groups is 1. The third-order valence-corrected chi connectivity index (χ3v) is 6.46. The summed E-state index contributed by atoms with van der Waals surface area (Å²) >= 11 is 0. The van der Waals surface area contributed by atoms with Crippen molar-refractivity contribution in [3.63, 3.8) is 0 Å². The second-order valence-electron chi connectivity index (χ2n) is 9.26. The number of carbonyl (C=O) groups excluding carboxylic acids is 2. The quantitative estimate of drug-likeness (QED) is 0.187. The van der Waals surface area contributed by atoms with Crippen molar-refractivity contribution in [2.75, 3.05) is 31.3 Å². The highest BCUT2D eigenvalue weighted by atomic mass is 32.2. The fourth-order valence-electron chi connectivity index (χ4n) is 3.96. The van der Waals surface area contributed by atoms with Gasteiger partial charge in [-0.1, -0.05) is 0 Å². The van der Waals surface area contributed by atoms with E-state index < -0.39 is 34.5 Å². The summed E-state index contributed by atoms with van der Waals surface area (Å²) in [6, 6.07) is 4.44. The monoisotopic (exact) mass is 567 g/mol. The van der Waals surface area contributed by atoms with Crippen molar-refractivity contribution < 1.29 is 41.9 Å². The minimum absolute atomic E-state index is 0.00945. The lowest BCUT2D eigenvalue weighted by molar-refractivity contribution is -0.118. The number of hydrogen-bond donors (Lipinski definition) is 5. The van der Waals surface area contributed by atoms with Gasteiger partial charge in [0.25, 0.3) is 16.0 Å². The number of H-pyrrole nitrogens is 1. The summed E-state index contributed by atoms with van der Waals surface area (Å²) in [5, 5.41) is 22.7. The molecule has 14 nitrogen and oxygen atoms in total.